The van der Waals surface area contributed by atoms with Crippen LogP contribution in [0.3, 0.4) is 0 Å². The van der Waals surface area contributed by atoms with E-state index in [0.717, 1.165) is 33.4 Å². The summed E-state index contributed by atoms with van der Waals surface area (Å²) in [6, 6.07) is 3.56. The van der Waals surface area contributed by atoms with Crippen molar-refractivity contribution in [3.8, 4) is 0 Å². The van der Waals surface area contributed by atoms with Crippen LogP contribution >= 0.6 is 22.9 Å². The normalized spacial score (nSPS) is 10.7. The molecular formula is C11H9ClOS. The van der Waals surface area contributed by atoms with Gasteiger partial charge in [0.15, 0.2) is 6.29 Å². The van der Waals surface area contributed by atoms with E-state index in [1.54, 1.807) is 23.5 Å². The predicted octanol–water partition coefficient (Wildman–Crippen LogP) is 3.93. The zero-order valence-electron chi connectivity index (χ0n) is 7.71. The van der Waals surface area contributed by atoms with Crippen LogP contribution in [0.25, 0.3) is 10.1 Å². The van der Waals surface area contributed by atoms with Crippen LogP contribution in [0.2, 0.25) is 5.02 Å². The quantitative estimate of drug-likeness (QED) is 0.707. The van der Waals surface area contributed by atoms with Gasteiger partial charge in [-0.05, 0) is 29.5 Å². The van der Waals surface area contributed by atoms with Crippen molar-refractivity contribution < 1.29 is 4.79 Å². The van der Waals surface area contributed by atoms with E-state index in [9.17, 15) is 4.79 Å². The van der Waals surface area contributed by atoms with Gasteiger partial charge < -0.3 is 0 Å². The first-order valence-electron chi connectivity index (χ1n) is 4.41. The molecule has 0 amide bonds. The van der Waals surface area contributed by atoms with E-state index in [1.807, 2.05) is 0 Å². The van der Waals surface area contributed by atoms with Crippen molar-refractivity contribution in [3.05, 3.63) is 33.7 Å². The first-order chi connectivity index (χ1) is 6.77. The van der Waals surface area contributed by atoms with Crippen molar-refractivity contribution in [2.75, 3.05) is 0 Å². The van der Waals surface area contributed by atoms with Gasteiger partial charge in [0.1, 0.15) is 0 Å². The smallest absolute Gasteiger partial charge is 0.151 e. The Morgan fingerprint density at radius 3 is 2.93 bits per heavy atom. The predicted molar refractivity (Wildman–Crippen MR) is 61.6 cm³/mol. The van der Waals surface area contributed by atoms with Gasteiger partial charge in [0.25, 0.3) is 0 Å². The van der Waals surface area contributed by atoms with Gasteiger partial charge in [-0.25, -0.2) is 0 Å². The van der Waals surface area contributed by atoms with E-state index in [1.165, 1.54) is 5.56 Å². The molecule has 2 rings (SSSR count). The van der Waals surface area contributed by atoms with Crippen LogP contribution in [0.15, 0.2) is 17.5 Å². The van der Waals surface area contributed by atoms with Crippen LogP contribution in [0, 0.1) is 0 Å². The van der Waals surface area contributed by atoms with Gasteiger partial charge >= 0.3 is 0 Å². The number of halogens is 1. The van der Waals surface area contributed by atoms with Gasteiger partial charge in [-0.2, -0.15) is 0 Å². The largest absolute Gasteiger partial charge is 0.298 e. The molecule has 0 radical (unpaired) electrons. The summed E-state index contributed by atoms with van der Waals surface area (Å²) in [5, 5.41) is 3.86. The number of fused-ring (bicyclic) bond motifs is 1. The average Bonchev–Trinajstić information content (AvgIpc) is 2.63. The molecule has 1 aromatic carbocycles. The van der Waals surface area contributed by atoms with E-state index < -0.39 is 0 Å². The minimum atomic E-state index is 0.731. The Morgan fingerprint density at radius 1 is 1.50 bits per heavy atom. The summed E-state index contributed by atoms with van der Waals surface area (Å²) in [5.74, 6) is 0. The first-order valence-corrected chi connectivity index (χ1v) is 5.67. The number of hydrogen-bond donors (Lipinski definition) is 0. The van der Waals surface area contributed by atoms with Gasteiger partial charge in [0.2, 0.25) is 0 Å². The number of aryl methyl sites for hydroxylation is 1. The van der Waals surface area contributed by atoms with Crippen molar-refractivity contribution in [2.24, 2.45) is 0 Å². The lowest BCUT2D eigenvalue weighted by Crippen LogP contribution is -1.82. The Hall–Kier alpha value is -0.860. The third-order valence-electron chi connectivity index (χ3n) is 2.29. The summed E-state index contributed by atoms with van der Waals surface area (Å²) < 4.78 is 1.00. The Labute approximate surface area is 91.3 Å². The third-order valence-corrected chi connectivity index (χ3v) is 3.68. The summed E-state index contributed by atoms with van der Waals surface area (Å²) in [4.78, 5) is 10.8. The molecule has 0 N–H and O–H groups in total. The molecule has 0 saturated carbocycles. The second kappa shape index (κ2) is 3.71. The summed E-state index contributed by atoms with van der Waals surface area (Å²) in [5.41, 5.74) is 1.95. The molecule has 72 valence electrons. The average molecular weight is 225 g/mol. The molecule has 0 spiro atoms. The summed E-state index contributed by atoms with van der Waals surface area (Å²) in [6.45, 7) is 2.09. The number of benzene rings is 1. The third kappa shape index (κ3) is 1.35. The minimum absolute atomic E-state index is 0.731. The van der Waals surface area contributed by atoms with Gasteiger partial charge in [-0.15, -0.1) is 11.3 Å². The van der Waals surface area contributed by atoms with E-state index in [2.05, 4.69) is 12.3 Å². The van der Waals surface area contributed by atoms with Gasteiger partial charge in [0, 0.05) is 20.7 Å². The monoisotopic (exact) mass is 224 g/mol. The molecule has 0 bridgehead atoms. The molecule has 0 unspecified atom stereocenters. The zero-order valence-corrected chi connectivity index (χ0v) is 9.28. The molecule has 1 heterocycles. The highest BCUT2D eigenvalue weighted by atomic mass is 35.5. The van der Waals surface area contributed by atoms with Gasteiger partial charge in [-0.3, -0.25) is 4.79 Å². The number of hydrogen-bond acceptors (Lipinski definition) is 2. The van der Waals surface area contributed by atoms with Crippen molar-refractivity contribution >= 4 is 39.3 Å². The Bertz CT molecular complexity index is 487. The van der Waals surface area contributed by atoms with Crippen LogP contribution in [0.1, 0.15) is 22.8 Å². The van der Waals surface area contributed by atoms with Crippen LogP contribution < -0.4 is 0 Å². The molecule has 1 aromatic heterocycles. The van der Waals surface area contributed by atoms with Gasteiger partial charge in [0.05, 0.1) is 0 Å². The van der Waals surface area contributed by atoms with Crippen molar-refractivity contribution in [3.63, 3.8) is 0 Å². The van der Waals surface area contributed by atoms with E-state index in [-0.39, 0.29) is 0 Å². The lowest BCUT2D eigenvalue weighted by Gasteiger charge is -1.99. The Balaban J connectivity index is 2.86. The second-order valence-corrected chi connectivity index (χ2v) is 4.36. The van der Waals surface area contributed by atoms with E-state index in [4.69, 9.17) is 11.6 Å². The molecule has 0 aliphatic heterocycles. The zero-order chi connectivity index (χ0) is 10.1. The number of aldehydes is 1. The highest BCUT2D eigenvalue weighted by molar-refractivity contribution is 7.17. The molecular weight excluding hydrogens is 216 g/mol. The molecule has 3 heteroatoms. The molecule has 1 nitrogen and oxygen atoms in total. The fourth-order valence-corrected chi connectivity index (χ4v) is 3.03. The lowest BCUT2D eigenvalue weighted by atomic mass is 10.1. The van der Waals surface area contributed by atoms with Crippen LogP contribution in [-0.2, 0) is 6.42 Å². The SMILES string of the molecule is CCc1csc2c(C=O)ccc(Cl)c12. The van der Waals surface area contributed by atoms with Gasteiger partial charge in [-0.1, -0.05) is 18.5 Å². The molecule has 14 heavy (non-hydrogen) atoms. The highest BCUT2D eigenvalue weighted by Gasteiger charge is 2.09. The van der Waals surface area contributed by atoms with Crippen molar-refractivity contribution in [1.29, 1.82) is 0 Å². The molecule has 0 aliphatic rings. The fourth-order valence-electron chi connectivity index (χ4n) is 1.54. The summed E-state index contributed by atoms with van der Waals surface area (Å²) in [7, 11) is 0. The standard InChI is InChI=1S/C11H9ClOS/c1-2-7-6-14-11-8(5-13)3-4-9(12)10(7)11/h3-6H,2H2,1H3. The molecule has 0 fully saturated rings. The number of carbonyl (C=O) groups is 1. The van der Waals surface area contributed by atoms with Crippen molar-refractivity contribution in [2.45, 2.75) is 13.3 Å². The first kappa shape index (κ1) is 9.69. The maximum Gasteiger partial charge on any atom is 0.151 e. The molecule has 0 atom stereocenters. The highest BCUT2D eigenvalue weighted by Crippen LogP contribution is 2.34. The fraction of sp³-hybridized carbons (Fsp3) is 0.182. The molecule has 0 saturated heterocycles. The van der Waals surface area contributed by atoms with Crippen molar-refractivity contribution in [1.82, 2.24) is 0 Å². The molecule has 2 aromatic rings. The van der Waals surface area contributed by atoms with Crippen LogP contribution in [-0.4, -0.2) is 6.29 Å². The Morgan fingerprint density at radius 2 is 2.29 bits per heavy atom. The topological polar surface area (TPSA) is 17.1 Å². The lowest BCUT2D eigenvalue weighted by molar-refractivity contribution is 0.112. The molecule has 0 aliphatic carbocycles. The van der Waals surface area contributed by atoms with E-state index >= 15 is 0 Å². The van der Waals surface area contributed by atoms with E-state index in [0.29, 0.717) is 0 Å². The number of thiophene rings is 1. The second-order valence-electron chi connectivity index (χ2n) is 3.07. The number of carbonyl (C=O) groups excluding carboxylic acids is 1. The van der Waals surface area contributed by atoms with Crippen LogP contribution in [0.4, 0.5) is 0 Å². The maximum atomic E-state index is 10.8. The number of rotatable bonds is 2. The maximum absolute atomic E-state index is 10.8. The minimum Gasteiger partial charge on any atom is -0.298 e. The summed E-state index contributed by atoms with van der Waals surface area (Å²) >= 11 is 7.69. The van der Waals surface area contributed by atoms with Crippen LogP contribution in [0.5, 0.6) is 0 Å². The Kier molecular flexibility index (Phi) is 2.57. The summed E-state index contributed by atoms with van der Waals surface area (Å²) in [6.07, 6.45) is 1.83.